The van der Waals surface area contributed by atoms with Crippen molar-refractivity contribution in [3.05, 3.63) is 93.9 Å². The molecule has 0 saturated heterocycles. The zero-order valence-corrected chi connectivity index (χ0v) is 24.5. The van der Waals surface area contributed by atoms with E-state index in [-0.39, 0.29) is 23.0 Å². The van der Waals surface area contributed by atoms with E-state index in [1.54, 1.807) is 43.3 Å². The molecule has 0 fully saturated rings. The monoisotopic (exact) mass is 619 g/mol. The van der Waals surface area contributed by atoms with Crippen molar-refractivity contribution in [3.63, 3.8) is 0 Å². The van der Waals surface area contributed by atoms with Gasteiger partial charge in [-0.25, -0.2) is 8.42 Å². The van der Waals surface area contributed by atoms with Crippen LogP contribution >= 0.6 is 27.5 Å². The van der Waals surface area contributed by atoms with Gasteiger partial charge in [-0.05, 0) is 61.4 Å². The summed E-state index contributed by atoms with van der Waals surface area (Å²) < 4.78 is 29.3. The first-order chi connectivity index (χ1) is 18.1. The molecule has 0 unspecified atom stereocenters. The highest BCUT2D eigenvalue weighted by Crippen LogP contribution is 2.27. The van der Waals surface area contributed by atoms with Gasteiger partial charge < -0.3 is 10.2 Å². The second-order valence-corrected chi connectivity index (χ2v) is 12.0. The van der Waals surface area contributed by atoms with Crippen molar-refractivity contribution < 1.29 is 18.0 Å². The molecule has 0 bridgehead atoms. The smallest absolute Gasteiger partial charge is 0.264 e. The van der Waals surface area contributed by atoms with Gasteiger partial charge in [-0.3, -0.25) is 13.9 Å². The summed E-state index contributed by atoms with van der Waals surface area (Å²) in [5.74, 6) is -0.829. The van der Waals surface area contributed by atoms with E-state index < -0.39 is 28.5 Å². The molecule has 0 aliphatic heterocycles. The number of anilines is 1. The first-order valence-electron chi connectivity index (χ1n) is 12.3. The molecule has 1 N–H and O–H groups in total. The summed E-state index contributed by atoms with van der Waals surface area (Å²) in [7, 11) is -4.12. The number of amides is 2. The molecule has 202 valence electrons. The highest BCUT2D eigenvalue weighted by atomic mass is 79.9. The van der Waals surface area contributed by atoms with E-state index in [0.29, 0.717) is 11.6 Å². The van der Waals surface area contributed by atoms with Crippen molar-refractivity contribution in [2.24, 2.45) is 0 Å². The van der Waals surface area contributed by atoms with Crippen LogP contribution in [0.15, 0.2) is 88.2 Å². The minimum atomic E-state index is -4.12. The van der Waals surface area contributed by atoms with Crippen LogP contribution in [0.1, 0.15) is 32.3 Å². The lowest BCUT2D eigenvalue weighted by Gasteiger charge is -2.32. The number of benzene rings is 3. The summed E-state index contributed by atoms with van der Waals surface area (Å²) in [5.41, 5.74) is 1.04. The third-order valence-electron chi connectivity index (χ3n) is 5.95. The topological polar surface area (TPSA) is 86.8 Å². The largest absolute Gasteiger partial charge is 0.354 e. The molecule has 10 heteroatoms. The van der Waals surface area contributed by atoms with Gasteiger partial charge in [0.2, 0.25) is 11.8 Å². The predicted octanol–water partition coefficient (Wildman–Crippen LogP) is 5.63. The van der Waals surface area contributed by atoms with Crippen LogP contribution in [0, 0.1) is 0 Å². The zero-order chi connectivity index (χ0) is 27.7. The fourth-order valence-corrected chi connectivity index (χ4v) is 5.89. The number of hydrogen-bond donors (Lipinski definition) is 1. The third kappa shape index (κ3) is 7.82. The molecule has 3 rings (SSSR count). The zero-order valence-electron chi connectivity index (χ0n) is 21.3. The van der Waals surface area contributed by atoms with E-state index in [1.165, 1.54) is 23.1 Å². The van der Waals surface area contributed by atoms with Crippen molar-refractivity contribution in [3.8, 4) is 0 Å². The molecule has 3 aromatic rings. The number of sulfonamides is 1. The third-order valence-corrected chi connectivity index (χ3v) is 8.46. The van der Waals surface area contributed by atoms with Crippen LogP contribution in [0.2, 0.25) is 5.02 Å². The normalized spacial score (nSPS) is 12.0. The SMILES string of the molecule is CCCCNC(=O)[C@H](C)N(Cc1cccc(Br)c1)C(=O)CN(c1cccc(Cl)c1)S(=O)(=O)c1ccccc1. The van der Waals surface area contributed by atoms with E-state index in [9.17, 15) is 18.0 Å². The van der Waals surface area contributed by atoms with Crippen LogP contribution < -0.4 is 9.62 Å². The van der Waals surface area contributed by atoms with Crippen LogP contribution in [-0.2, 0) is 26.2 Å². The standard InChI is InChI=1S/C28H31BrClN3O4S/c1-3-4-16-31-28(35)21(2)32(19-22-10-8-11-23(29)17-22)27(34)20-33(25-13-9-12-24(30)18-25)38(36,37)26-14-6-5-7-15-26/h5-15,17-18,21H,3-4,16,19-20H2,1-2H3,(H,31,35)/t21-/m0/s1. The second kappa shape index (κ2) is 13.8. The molecule has 0 radical (unpaired) electrons. The van der Waals surface area contributed by atoms with Crippen LogP contribution in [0.5, 0.6) is 0 Å². The van der Waals surface area contributed by atoms with E-state index in [1.807, 2.05) is 31.2 Å². The molecule has 0 saturated carbocycles. The van der Waals surface area contributed by atoms with Gasteiger partial charge in [-0.2, -0.15) is 0 Å². The van der Waals surface area contributed by atoms with Gasteiger partial charge in [0.1, 0.15) is 12.6 Å². The summed E-state index contributed by atoms with van der Waals surface area (Å²) in [6.07, 6.45) is 1.73. The van der Waals surface area contributed by atoms with Crippen LogP contribution in [0.25, 0.3) is 0 Å². The summed E-state index contributed by atoms with van der Waals surface area (Å²) in [6.45, 7) is 3.77. The minimum Gasteiger partial charge on any atom is -0.354 e. The number of halogens is 2. The van der Waals surface area contributed by atoms with Gasteiger partial charge in [0.15, 0.2) is 0 Å². The van der Waals surface area contributed by atoms with Crippen molar-refractivity contribution in [2.45, 2.75) is 44.2 Å². The summed E-state index contributed by atoms with van der Waals surface area (Å²) in [5, 5.41) is 3.20. The number of rotatable bonds is 12. The Morgan fingerprint density at radius 3 is 2.37 bits per heavy atom. The first-order valence-corrected chi connectivity index (χ1v) is 14.9. The first kappa shape index (κ1) is 29.7. The van der Waals surface area contributed by atoms with E-state index in [4.69, 9.17) is 11.6 Å². The summed E-state index contributed by atoms with van der Waals surface area (Å²) in [6, 6.07) is 20.8. The molecule has 0 aliphatic carbocycles. The second-order valence-electron chi connectivity index (χ2n) is 8.78. The Morgan fingerprint density at radius 2 is 1.71 bits per heavy atom. The van der Waals surface area contributed by atoms with E-state index in [2.05, 4.69) is 21.2 Å². The summed E-state index contributed by atoms with van der Waals surface area (Å²) >= 11 is 9.63. The molecule has 3 aromatic carbocycles. The van der Waals surface area contributed by atoms with Gasteiger partial charge in [0.05, 0.1) is 10.6 Å². The molecule has 1 atom stereocenters. The molecular formula is C28H31BrClN3O4S. The number of unbranched alkanes of at least 4 members (excludes halogenated alkanes) is 1. The minimum absolute atomic E-state index is 0.0386. The number of nitrogens with one attached hydrogen (secondary N) is 1. The number of carbonyl (C=O) groups excluding carboxylic acids is 2. The lowest BCUT2D eigenvalue weighted by atomic mass is 10.1. The molecule has 38 heavy (non-hydrogen) atoms. The van der Waals surface area contributed by atoms with Crippen LogP contribution in [0.4, 0.5) is 5.69 Å². The molecule has 0 aromatic heterocycles. The van der Waals surface area contributed by atoms with Crippen molar-refractivity contribution >= 4 is 55.1 Å². The maximum atomic E-state index is 13.9. The Labute approximate surface area is 238 Å². The number of nitrogens with zero attached hydrogens (tertiary/aromatic N) is 2. The fraction of sp³-hybridized carbons (Fsp3) is 0.286. The van der Waals surface area contributed by atoms with E-state index >= 15 is 0 Å². The van der Waals surface area contributed by atoms with Gasteiger partial charge in [0, 0.05) is 22.6 Å². The molecule has 2 amide bonds. The Balaban J connectivity index is 1.99. The molecular weight excluding hydrogens is 590 g/mol. The van der Waals surface area contributed by atoms with Gasteiger partial charge in [0.25, 0.3) is 10.0 Å². The Kier molecular flexibility index (Phi) is 10.8. The van der Waals surface area contributed by atoms with Crippen molar-refractivity contribution in [2.75, 3.05) is 17.4 Å². The highest BCUT2D eigenvalue weighted by molar-refractivity contribution is 9.10. The quantitative estimate of drug-likeness (QED) is 0.266. The highest BCUT2D eigenvalue weighted by Gasteiger charge is 2.32. The van der Waals surface area contributed by atoms with Crippen molar-refractivity contribution in [1.82, 2.24) is 10.2 Å². The number of carbonyl (C=O) groups is 2. The van der Waals surface area contributed by atoms with Crippen LogP contribution in [0.3, 0.4) is 0 Å². The molecule has 7 nitrogen and oxygen atoms in total. The lowest BCUT2D eigenvalue weighted by Crippen LogP contribution is -2.51. The van der Waals surface area contributed by atoms with Gasteiger partial charge in [-0.15, -0.1) is 0 Å². The van der Waals surface area contributed by atoms with Gasteiger partial charge in [-0.1, -0.05) is 77.3 Å². The predicted molar refractivity (Wildman–Crippen MR) is 154 cm³/mol. The molecule has 0 heterocycles. The van der Waals surface area contributed by atoms with Crippen molar-refractivity contribution in [1.29, 1.82) is 0 Å². The molecule has 0 spiro atoms. The van der Waals surface area contributed by atoms with Gasteiger partial charge >= 0.3 is 0 Å². The number of hydrogen-bond acceptors (Lipinski definition) is 4. The van der Waals surface area contributed by atoms with Crippen LogP contribution in [-0.4, -0.2) is 44.3 Å². The maximum Gasteiger partial charge on any atom is 0.264 e. The maximum absolute atomic E-state index is 13.9. The van der Waals surface area contributed by atoms with E-state index in [0.717, 1.165) is 27.2 Å². The average molecular weight is 621 g/mol. The Hall–Kier alpha value is -2.88. The molecule has 0 aliphatic rings. The fourth-order valence-electron chi connectivity index (χ4n) is 3.83. The Bertz CT molecular complexity index is 1350. The average Bonchev–Trinajstić information content (AvgIpc) is 2.90. The summed E-state index contributed by atoms with van der Waals surface area (Å²) in [4.78, 5) is 28.3. The lowest BCUT2D eigenvalue weighted by molar-refractivity contribution is -0.139. The Morgan fingerprint density at radius 1 is 1.00 bits per heavy atom.